The first-order chi connectivity index (χ1) is 10.3. The van der Waals surface area contributed by atoms with Crippen LogP contribution in [-0.2, 0) is 0 Å². The number of anilines is 1. The second kappa shape index (κ2) is 6.62. The van der Waals surface area contributed by atoms with Crippen molar-refractivity contribution in [3.05, 3.63) is 52.9 Å². The van der Waals surface area contributed by atoms with Crippen molar-refractivity contribution in [3.8, 4) is 0 Å². The molecule has 0 fully saturated rings. The summed E-state index contributed by atoms with van der Waals surface area (Å²) in [5.74, 6) is -0.206. The number of thioether (sulfide) groups is 1. The van der Waals surface area contributed by atoms with Gasteiger partial charge >= 0.3 is 0 Å². The van der Waals surface area contributed by atoms with E-state index in [1.54, 1.807) is 11.3 Å². The Bertz CT molecular complexity index is 608. The van der Waals surface area contributed by atoms with Crippen LogP contribution in [0.5, 0.6) is 0 Å². The molecule has 1 radical (unpaired) electrons. The van der Waals surface area contributed by atoms with E-state index in [1.165, 1.54) is 25.0 Å². The topological polar surface area (TPSA) is 16.1 Å². The largest absolute Gasteiger partial charge is 0.326 e. The second-order valence-corrected chi connectivity index (χ2v) is 6.94. The first kappa shape index (κ1) is 14.6. The highest BCUT2D eigenvalue weighted by Crippen LogP contribution is 2.44. The molecular formula is C16H16FN2S2. The van der Waals surface area contributed by atoms with Crippen molar-refractivity contribution in [2.75, 3.05) is 4.90 Å². The van der Waals surface area contributed by atoms with E-state index in [1.807, 2.05) is 35.6 Å². The lowest BCUT2D eigenvalue weighted by Gasteiger charge is -2.24. The minimum Gasteiger partial charge on any atom is -0.326 e. The average Bonchev–Trinajstić information content (AvgIpc) is 3.15. The third kappa shape index (κ3) is 3.30. The molecule has 0 saturated carbocycles. The van der Waals surface area contributed by atoms with Crippen LogP contribution >= 0.6 is 23.1 Å². The van der Waals surface area contributed by atoms with Crippen LogP contribution in [0.25, 0.3) is 4.91 Å². The molecule has 5 heteroatoms. The van der Waals surface area contributed by atoms with Crippen LogP contribution in [0.2, 0.25) is 0 Å². The summed E-state index contributed by atoms with van der Waals surface area (Å²) in [4.78, 5) is 8.55. The van der Waals surface area contributed by atoms with Crippen LogP contribution in [0.4, 0.5) is 10.1 Å². The lowest BCUT2D eigenvalue weighted by Crippen LogP contribution is -2.24. The first-order valence-electron chi connectivity index (χ1n) is 7.02. The van der Waals surface area contributed by atoms with Crippen LogP contribution in [-0.4, -0.2) is 10.4 Å². The van der Waals surface area contributed by atoms with Gasteiger partial charge in [0.25, 0.3) is 0 Å². The molecule has 2 aromatic rings. The number of nitrogens with zero attached hydrogens (tertiary/aromatic N) is 2. The zero-order valence-corrected chi connectivity index (χ0v) is 13.4. The van der Waals surface area contributed by atoms with Gasteiger partial charge in [0.2, 0.25) is 0 Å². The highest BCUT2D eigenvalue weighted by atomic mass is 32.2. The molecule has 0 N–H and O–H groups in total. The summed E-state index contributed by atoms with van der Waals surface area (Å²) in [6, 6.07) is 6.64. The van der Waals surface area contributed by atoms with E-state index >= 15 is 0 Å². The maximum absolute atomic E-state index is 13.1. The molecular weight excluding hydrogens is 303 g/mol. The summed E-state index contributed by atoms with van der Waals surface area (Å²) in [5.41, 5.74) is 2.83. The second-order valence-electron chi connectivity index (χ2n) is 4.87. The number of hydrogen-bond acceptors (Lipinski definition) is 4. The van der Waals surface area contributed by atoms with Crippen LogP contribution in [0.1, 0.15) is 31.1 Å². The summed E-state index contributed by atoms with van der Waals surface area (Å²) < 4.78 is 13.1. The van der Waals surface area contributed by atoms with Crippen molar-refractivity contribution in [2.45, 2.75) is 31.6 Å². The third-order valence-corrected chi connectivity index (χ3v) is 5.51. The molecule has 3 rings (SSSR count). The maximum atomic E-state index is 13.1. The maximum Gasteiger partial charge on any atom is 0.123 e. The Labute approximate surface area is 132 Å². The first-order valence-corrected chi connectivity index (χ1v) is 8.78. The number of halogens is 1. The van der Waals surface area contributed by atoms with Gasteiger partial charge in [0, 0.05) is 11.9 Å². The van der Waals surface area contributed by atoms with Gasteiger partial charge in [0.1, 0.15) is 5.82 Å². The Morgan fingerprint density at radius 2 is 2.14 bits per heavy atom. The molecule has 0 aliphatic carbocycles. The minimum absolute atomic E-state index is 0.206. The van der Waals surface area contributed by atoms with Gasteiger partial charge in [-0.25, -0.2) is 4.39 Å². The van der Waals surface area contributed by atoms with Crippen molar-refractivity contribution < 1.29 is 4.39 Å². The van der Waals surface area contributed by atoms with Gasteiger partial charge in [-0.15, -0.1) is 11.3 Å². The summed E-state index contributed by atoms with van der Waals surface area (Å²) in [6.07, 6.45) is 8.76. The molecule has 0 bridgehead atoms. The lowest BCUT2D eigenvalue weighted by atomic mass is 10.2. The third-order valence-electron chi connectivity index (χ3n) is 3.33. The van der Waals surface area contributed by atoms with E-state index in [0.717, 1.165) is 21.9 Å². The summed E-state index contributed by atoms with van der Waals surface area (Å²) in [5, 5.41) is 0.326. The predicted octanol–water partition coefficient (Wildman–Crippen LogP) is 5.15. The fourth-order valence-electron chi connectivity index (χ4n) is 2.24. The molecule has 1 aromatic heterocycles. The minimum atomic E-state index is -0.206. The van der Waals surface area contributed by atoms with E-state index in [-0.39, 0.29) is 5.82 Å². The Hall–Kier alpha value is -1.33. The fourth-order valence-corrected chi connectivity index (χ4v) is 4.19. The van der Waals surface area contributed by atoms with Gasteiger partial charge in [-0.05, 0) is 30.7 Å². The quantitative estimate of drug-likeness (QED) is 0.758. The number of thiazole rings is 1. The normalized spacial score (nSPS) is 18.1. The van der Waals surface area contributed by atoms with Gasteiger partial charge in [-0.2, -0.15) is 0 Å². The van der Waals surface area contributed by atoms with Crippen molar-refractivity contribution in [1.29, 1.82) is 0 Å². The van der Waals surface area contributed by atoms with Crippen molar-refractivity contribution in [3.63, 3.8) is 0 Å². The number of unbranched alkanes of at least 4 members (excludes halogenated alkanes) is 1. The number of rotatable bonds is 5. The Kier molecular flexibility index (Phi) is 4.60. The van der Waals surface area contributed by atoms with Crippen molar-refractivity contribution in [2.24, 2.45) is 0 Å². The highest BCUT2D eigenvalue weighted by Gasteiger charge is 2.28. The average molecular weight is 319 g/mol. The van der Waals surface area contributed by atoms with Gasteiger partial charge in [-0.3, -0.25) is 4.98 Å². The van der Waals surface area contributed by atoms with Gasteiger partial charge in [0.05, 0.1) is 26.9 Å². The molecule has 2 heterocycles. The Morgan fingerprint density at radius 3 is 2.81 bits per heavy atom. The molecule has 2 nitrogen and oxygen atoms in total. The molecule has 1 aliphatic heterocycles. The Morgan fingerprint density at radius 1 is 1.33 bits per heavy atom. The smallest absolute Gasteiger partial charge is 0.123 e. The zero-order valence-electron chi connectivity index (χ0n) is 11.8. The molecule has 0 amide bonds. The number of aromatic nitrogens is 1. The Balaban J connectivity index is 1.87. The molecule has 0 saturated heterocycles. The summed E-state index contributed by atoms with van der Waals surface area (Å²) in [6.45, 7) is 2.20. The predicted molar refractivity (Wildman–Crippen MR) is 88.5 cm³/mol. The summed E-state index contributed by atoms with van der Waals surface area (Å²) in [7, 11) is 0. The fraction of sp³-hybridized carbons (Fsp3) is 0.312. The monoisotopic (exact) mass is 319 g/mol. The molecule has 0 spiro atoms. The van der Waals surface area contributed by atoms with Crippen LogP contribution in [0.3, 0.4) is 0 Å². The van der Waals surface area contributed by atoms with E-state index in [9.17, 15) is 4.39 Å². The molecule has 1 aromatic carbocycles. The van der Waals surface area contributed by atoms with Gasteiger partial charge in [-0.1, -0.05) is 31.5 Å². The zero-order chi connectivity index (χ0) is 14.7. The highest BCUT2D eigenvalue weighted by molar-refractivity contribution is 8.09. The van der Waals surface area contributed by atoms with E-state index in [0.29, 0.717) is 5.37 Å². The van der Waals surface area contributed by atoms with Crippen LogP contribution in [0, 0.1) is 12.0 Å². The molecule has 1 unspecified atom stereocenters. The summed E-state index contributed by atoms with van der Waals surface area (Å²) >= 11 is 3.45. The molecule has 21 heavy (non-hydrogen) atoms. The van der Waals surface area contributed by atoms with E-state index in [2.05, 4.69) is 23.0 Å². The number of hydrogen-bond donors (Lipinski definition) is 0. The molecule has 1 aliphatic rings. The van der Waals surface area contributed by atoms with Crippen LogP contribution in [0.15, 0.2) is 36.0 Å². The number of benzene rings is 1. The van der Waals surface area contributed by atoms with Gasteiger partial charge < -0.3 is 4.90 Å². The van der Waals surface area contributed by atoms with E-state index < -0.39 is 0 Å². The standard InChI is InChI=1S/C16H16FN2S2/c1-2-3-4-16-19(13-7-5-12(17)6-8-13)10-15(21-16)14-9-18-11-20-14/h5-9,11,16H,2-4H2,1H3. The van der Waals surface area contributed by atoms with E-state index in [4.69, 9.17) is 0 Å². The van der Waals surface area contributed by atoms with Crippen LogP contribution < -0.4 is 4.90 Å². The molecule has 109 valence electrons. The molecule has 1 atom stereocenters. The lowest BCUT2D eigenvalue weighted by molar-refractivity contribution is 0.627. The SMILES string of the molecule is CCCCC1SC(c2cncs2)=[C]N1c1ccc(F)cc1. The van der Waals surface area contributed by atoms with Gasteiger partial charge in [0.15, 0.2) is 0 Å². The van der Waals surface area contributed by atoms with Crippen molar-refractivity contribution in [1.82, 2.24) is 4.98 Å². The van der Waals surface area contributed by atoms with Crippen molar-refractivity contribution >= 4 is 33.7 Å².